The Bertz CT molecular complexity index is 1120. The van der Waals surface area contributed by atoms with Gasteiger partial charge in [0.1, 0.15) is 12.3 Å². The number of aromatic nitrogens is 4. The van der Waals surface area contributed by atoms with Crippen molar-refractivity contribution in [3.8, 4) is 23.6 Å². The molecule has 4 aromatic heterocycles. The highest BCUT2D eigenvalue weighted by Gasteiger charge is 2.18. The summed E-state index contributed by atoms with van der Waals surface area (Å²) >= 11 is 0. The number of nitrogens with zero attached hydrogens (tertiary/aromatic N) is 4. The van der Waals surface area contributed by atoms with Gasteiger partial charge >= 0.3 is 0 Å². The molecule has 4 heterocycles. The van der Waals surface area contributed by atoms with Gasteiger partial charge in [-0.1, -0.05) is 5.92 Å². The Labute approximate surface area is 155 Å². The molecular weight excluding hydrogens is 342 g/mol. The maximum Gasteiger partial charge on any atom is 0.252 e. The van der Waals surface area contributed by atoms with Crippen LogP contribution in [0.15, 0.2) is 59.6 Å². The second-order valence-electron chi connectivity index (χ2n) is 5.80. The molecule has 7 nitrogen and oxygen atoms in total. The summed E-state index contributed by atoms with van der Waals surface area (Å²) < 4.78 is 7.10. The Kier molecular flexibility index (Phi) is 4.37. The van der Waals surface area contributed by atoms with E-state index >= 15 is 0 Å². The maximum atomic E-state index is 12.6. The average Bonchev–Trinajstić information content (AvgIpc) is 3.36. The number of amides is 1. The molecule has 0 fully saturated rings. The Hall–Kier alpha value is -3.92. The number of terminal acetylenes is 1. The van der Waals surface area contributed by atoms with Crippen molar-refractivity contribution in [3.05, 3.63) is 66.5 Å². The molecule has 4 rings (SSSR count). The van der Waals surface area contributed by atoms with E-state index in [0.717, 1.165) is 11.3 Å². The second-order valence-corrected chi connectivity index (χ2v) is 5.80. The Morgan fingerprint density at radius 1 is 1.30 bits per heavy atom. The highest BCUT2D eigenvalue weighted by molar-refractivity contribution is 6.06. The van der Waals surface area contributed by atoms with Gasteiger partial charge in [0.25, 0.3) is 5.91 Å². The molecule has 0 aromatic carbocycles. The lowest BCUT2D eigenvalue weighted by Crippen LogP contribution is -2.24. The van der Waals surface area contributed by atoms with Crippen LogP contribution in [0.4, 0.5) is 0 Å². The first-order chi connectivity index (χ1) is 13.3. The minimum absolute atomic E-state index is 0.144. The van der Waals surface area contributed by atoms with Gasteiger partial charge < -0.3 is 9.73 Å². The van der Waals surface area contributed by atoms with E-state index in [1.165, 1.54) is 0 Å². The summed E-state index contributed by atoms with van der Waals surface area (Å²) in [6.45, 7) is 0.552. The molecule has 0 aliphatic rings. The van der Waals surface area contributed by atoms with Gasteiger partial charge in [-0.2, -0.15) is 5.10 Å². The molecule has 0 atom stereocenters. The third-order valence-corrected chi connectivity index (χ3v) is 4.05. The minimum atomic E-state index is -0.275. The van der Waals surface area contributed by atoms with Crippen molar-refractivity contribution in [2.24, 2.45) is 0 Å². The van der Waals surface area contributed by atoms with Crippen LogP contribution in [0.2, 0.25) is 0 Å². The van der Waals surface area contributed by atoms with Crippen molar-refractivity contribution >= 4 is 16.9 Å². The number of furan rings is 1. The largest absolute Gasteiger partial charge is 0.467 e. The molecule has 0 radical (unpaired) electrons. The van der Waals surface area contributed by atoms with Crippen LogP contribution in [0.25, 0.3) is 22.3 Å². The average molecular weight is 357 g/mol. The molecule has 1 N–H and O–H groups in total. The molecule has 1 amide bonds. The number of hydrogen-bond donors (Lipinski definition) is 1. The first-order valence-electron chi connectivity index (χ1n) is 8.27. The summed E-state index contributed by atoms with van der Waals surface area (Å²) in [5.74, 6) is 2.87. The number of nitrogens with one attached hydrogen (secondary N) is 1. The molecule has 0 saturated carbocycles. The van der Waals surface area contributed by atoms with E-state index in [4.69, 9.17) is 15.8 Å². The number of hydrogen-bond acceptors (Lipinski definition) is 5. The van der Waals surface area contributed by atoms with Gasteiger partial charge in [0.2, 0.25) is 0 Å². The minimum Gasteiger partial charge on any atom is -0.467 e. The Morgan fingerprint density at radius 2 is 2.22 bits per heavy atom. The topological polar surface area (TPSA) is 85.8 Å². The second kappa shape index (κ2) is 7.14. The van der Waals surface area contributed by atoms with Gasteiger partial charge in [0.15, 0.2) is 5.65 Å². The van der Waals surface area contributed by atoms with Gasteiger partial charge in [-0.05, 0) is 30.3 Å². The molecule has 132 valence electrons. The summed E-state index contributed by atoms with van der Waals surface area (Å²) in [5.41, 5.74) is 2.47. The zero-order valence-electron chi connectivity index (χ0n) is 14.3. The summed E-state index contributed by atoms with van der Waals surface area (Å²) in [4.78, 5) is 21.5. The Balaban J connectivity index is 1.86. The van der Waals surface area contributed by atoms with E-state index in [1.807, 2.05) is 24.3 Å². The van der Waals surface area contributed by atoms with Crippen LogP contribution in [0.1, 0.15) is 16.1 Å². The van der Waals surface area contributed by atoms with E-state index in [1.54, 1.807) is 35.6 Å². The van der Waals surface area contributed by atoms with Crippen LogP contribution in [0.5, 0.6) is 0 Å². The lowest BCUT2D eigenvalue weighted by Gasteiger charge is -2.08. The highest BCUT2D eigenvalue weighted by Crippen LogP contribution is 2.25. The number of rotatable bonds is 5. The van der Waals surface area contributed by atoms with Gasteiger partial charge in [0.05, 0.1) is 35.6 Å². The molecule has 0 saturated heterocycles. The van der Waals surface area contributed by atoms with Crippen LogP contribution in [0, 0.1) is 12.3 Å². The van der Waals surface area contributed by atoms with Crippen molar-refractivity contribution in [2.75, 3.05) is 6.54 Å². The molecular formula is C20H15N5O2. The number of fused-ring (bicyclic) bond motifs is 1. The monoisotopic (exact) mass is 357 g/mol. The molecule has 0 unspecified atom stereocenters. The van der Waals surface area contributed by atoms with Crippen LogP contribution >= 0.6 is 0 Å². The predicted molar refractivity (Wildman–Crippen MR) is 99.7 cm³/mol. The fourth-order valence-corrected chi connectivity index (χ4v) is 2.79. The molecule has 0 aliphatic heterocycles. The first-order valence-corrected chi connectivity index (χ1v) is 8.27. The summed E-state index contributed by atoms with van der Waals surface area (Å²) in [7, 11) is 0. The third kappa shape index (κ3) is 3.28. The normalized spacial score (nSPS) is 10.6. The van der Waals surface area contributed by atoms with Crippen LogP contribution in [-0.4, -0.2) is 32.2 Å². The van der Waals surface area contributed by atoms with Crippen molar-refractivity contribution in [1.29, 1.82) is 0 Å². The van der Waals surface area contributed by atoms with Crippen LogP contribution in [0.3, 0.4) is 0 Å². The molecule has 0 spiro atoms. The van der Waals surface area contributed by atoms with Crippen molar-refractivity contribution in [2.45, 2.75) is 6.54 Å². The zero-order chi connectivity index (χ0) is 18.6. The number of carbonyl (C=O) groups is 1. The van der Waals surface area contributed by atoms with Gasteiger partial charge in [-0.15, -0.1) is 6.42 Å². The summed E-state index contributed by atoms with van der Waals surface area (Å²) in [6.07, 6.45) is 11.9. The molecule has 27 heavy (non-hydrogen) atoms. The van der Waals surface area contributed by atoms with E-state index < -0.39 is 0 Å². The SMILES string of the molecule is C#CCNC(=O)c1cc(-c2cccnc2)nc2c1cnn2Cc1ccco1. The maximum absolute atomic E-state index is 12.6. The first kappa shape index (κ1) is 16.5. The van der Waals surface area contributed by atoms with E-state index in [-0.39, 0.29) is 12.5 Å². The third-order valence-electron chi connectivity index (χ3n) is 4.05. The van der Waals surface area contributed by atoms with E-state index in [9.17, 15) is 4.79 Å². The van der Waals surface area contributed by atoms with Crippen molar-refractivity contribution in [1.82, 2.24) is 25.1 Å². The van der Waals surface area contributed by atoms with E-state index in [2.05, 4.69) is 21.3 Å². The molecule has 0 aliphatic carbocycles. The smallest absolute Gasteiger partial charge is 0.252 e. The van der Waals surface area contributed by atoms with Gasteiger partial charge in [-0.25, -0.2) is 9.67 Å². The summed E-state index contributed by atoms with van der Waals surface area (Å²) in [6, 6.07) is 9.11. The quantitative estimate of drug-likeness (QED) is 0.555. The lowest BCUT2D eigenvalue weighted by molar-refractivity contribution is 0.0960. The standard InChI is InChI=1S/C20H15N5O2/c1-2-7-22-20(26)16-10-18(14-5-3-8-21-11-14)24-19-17(16)12-23-25(19)13-15-6-4-9-27-15/h1,3-6,8-12H,7,13H2,(H,22,26). The number of carbonyl (C=O) groups excluding carboxylic acids is 1. The van der Waals surface area contributed by atoms with Gasteiger partial charge in [-0.3, -0.25) is 9.78 Å². The fraction of sp³-hybridized carbons (Fsp3) is 0.100. The van der Waals surface area contributed by atoms with Crippen LogP contribution in [-0.2, 0) is 6.54 Å². The van der Waals surface area contributed by atoms with Gasteiger partial charge in [0, 0.05) is 18.0 Å². The summed E-state index contributed by atoms with van der Waals surface area (Å²) in [5, 5.41) is 7.73. The Morgan fingerprint density at radius 3 is 2.96 bits per heavy atom. The number of pyridine rings is 2. The van der Waals surface area contributed by atoms with Crippen molar-refractivity contribution < 1.29 is 9.21 Å². The lowest BCUT2D eigenvalue weighted by atomic mass is 10.1. The highest BCUT2D eigenvalue weighted by atomic mass is 16.3. The zero-order valence-corrected chi connectivity index (χ0v) is 14.3. The molecule has 0 bridgehead atoms. The fourth-order valence-electron chi connectivity index (χ4n) is 2.79. The predicted octanol–water partition coefficient (Wildman–Crippen LogP) is 2.50. The van der Waals surface area contributed by atoms with Crippen molar-refractivity contribution in [3.63, 3.8) is 0 Å². The molecule has 4 aromatic rings. The van der Waals surface area contributed by atoms with Crippen LogP contribution < -0.4 is 5.32 Å². The molecule has 7 heteroatoms. The van der Waals surface area contributed by atoms with E-state index in [0.29, 0.717) is 28.8 Å².